The highest BCUT2D eigenvalue weighted by Crippen LogP contribution is 2.34. The Labute approximate surface area is 114 Å². The van der Waals surface area contributed by atoms with Gasteiger partial charge in [-0.2, -0.15) is 0 Å². The SMILES string of the molecule is Cc1nc(N)nc2c(OC3CCC3)cc(Br)cc12. The molecule has 0 saturated heterocycles. The normalized spacial score (nSPS) is 15.7. The summed E-state index contributed by atoms with van der Waals surface area (Å²) in [6.45, 7) is 1.93. The van der Waals surface area contributed by atoms with Gasteiger partial charge in [0.2, 0.25) is 5.95 Å². The molecule has 0 spiro atoms. The number of hydrogen-bond acceptors (Lipinski definition) is 4. The third kappa shape index (κ3) is 2.03. The third-order valence-electron chi connectivity index (χ3n) is 3.28. The Morgan fingerprint density at radius 2 is 2.11 bits per heavy atom. The summed E-state index contributed by atoms with van der Waals surface area (Å²) in [6.07, 6.45) is 3.80. The summed E-state index contributed by atoms with van der Waals surface area (Å²) >= 11 is 3.50. The Morgan fingerprint density at radius 1 is 1.33 bits per heavy atom. The number of rotatable bonds is 2. The largest absolute Gasteiger partial charge is 0.488 e. The lowest BCUT2D eigenvalue weighted by molar-refractivity contribution is 0.122. The first-order valence-corrected chi connectivity index (χ1v) is 6.83. The average molecular weight is 308 g/mol. The molecule has 2 aromatic rings. The molecule has 1 fully saturated rings. The molecule has 0 bridgehead atoms. The van der Waals surface area contributed by atoms with Gasteiger partial charge in [-0.05, 0) is 38.3 Å². The van der Waals surface area contributed by atoms with Crippen molar-refractivity contribution >= 4 is 32.8 Å². The number of fused-ring (bicyclic) bond motifs is 1. The minimum absolute atomic E-state index is 0.292. The Balaban J connectivity index is 2.15. The van der Waals surface area contributed by atoms with Gasteiger partial charge in [0.25, 0.3) is 0 Å². The molecular weight excluding hydrogens is 294 g/mol. The molecule has 2 N–H and O–H groups in total. The number of halogens is 1. The first-order valence-electron chi connectivity index (χ1n) is 6.03. The number of nitrogen functional groups attached to an aromatic ring is 1. The van der Waals surface area contributed by atoms with Gasteiger partial charge in [0.05, 0.1) is 11.8 Å². The second-order valence-corrected chi connectivity index (χ2v) is 5.55. The second-order valence-electron chi connectivity index (χ2n) is 4.64. The summed E-state index contributed by atoms with van der Waals surface area (Å²) in [5.74, 6) is 1.09. The van der Waals surface area contributed by atoms with E-state index in [-0.39, 0.29) is 0 Å². The molecule has 1 aromatic heterocycles. The van der Waals surface area contributed by atoms with Crippen LogP contribution in [0, 0.1) is 6.92 Å². The van der Waals surface area contributed by atoms with Crippen molar-refractivity contribution in [3.8, 4) is 5.75 Å². The van der Waals surface area contributed by atoms with Gasteiger partial charge in [-0.1, -0.05) is 15.9 Å². The van der Waals surface area contributed by atoms with Crippen LogP contribution >= 0.6 is 15.9 Å². The lowest BCUT2D eigenvalue weighted by Crippen LogP contribution is -2.24. The number of hydrogen-bond donors (Lipinski definition) is 1. The van der Waals surface area contributed by atoms with E-state index >= 15 is 0 Å². The van der Waals surface area contributed by atoms with E-state index in [1.807, 2.05) is 19.1 Å². The Morgan fingerprint density at radius 3 is 2.78 bits per heavy atom. The molecule has 18 heavy (non-hydrogen) atoms. The Kier molecular flexibility index (Phi) is 2.86. The molecule has 0 unspecified atom stereocenters. The van der Waals surface area contributed by atoms with Crippen LogP contribution < -0.4 is 10.5 Å². The van der Waals surface area contributed by atoms with Crippen LogP contribution in [-0.4, -0.2) is 16.1 Å². The molecule has 4 nitrogen and oxygen atoms in total. The predicted octanol–water partition coefficient (Wildman–Crippen LogP) is 3.21. The maximum Gasteiger partial charge on any atom is 0.220 e. The van der Waals surface area contributed by atoms with E-state index in [1.165, 1.54) is 6.42 Å². The maximum absolute atomic E-state index is 5.98. The second kappa shape index (κ2) is 4.39. The molecule has 0 radical (unpaired) electrons. The molecule has 1 heterocycles. The summed E-state index contributed by atoms with van der Waals surface area (Å²) in [4.78, 5) is 8.50. The fraction of sp³-hybridized carbons (Fsp3) is 0.385. The van der Waals surface area contributed by atoms with Gasteiger partial charge in [0.1, 0.15) is 11.3 Å². The molecule has 94 valence electrons. The highest BCUT2D eigenvalue weighted by molar-refractivity contribution is 9.10. The number of aromatic nitrogens is 2. The van der Waals surface area contributed by atoms with Crippen molar-refractivity contribution in [2.24, 2.45) is 0 Å². The minimum atomic E-state index is 0.292. The summed E-state index contributed by atoms with van der Waals surface area (Å²) < 4.78 is 6.95. The quantitative estimate of drug-likeness (QED) is 0.925. The van der Waals surface area contributed by atoms with Gasteiger partial charge in [-0.15, -0.1) is 0 Å². The van der Waals surface area contributed by atoms with E-state index in [0.29, 0.717) is 12.1 Å². The summed E-state index contributed by atoms with van der Waals surface area (Å²) in [7, 11) is 0. The molecule has 5 heteroatoms. The van der Waals surface area contributed by atoms with Crippen molar-refractivity contribution in [2.75, 3.05) is 5.73 Å². The van der Waals surface area contributed by atoms with Gasteiger partial charge < -0.3 is 10.5 Å². The monoisotopic (exact) mass is 307 g/mol. The third-order valence-corrected chi connectivity index (χ3v) is 3.74. The van der Waals surface area contributed by atoms with E-state index in [9.17, 15) is 0 Å². The smallest absolute Gasteiger partial charge is 0.220 e. The number of anilines is 1. The topological polar surface area (TPSA) is 61.0 Å². The highest BCUT2D eigenvalue weighted by Gasteiger charge is 2.21. The van der Waals surface area contributed by atoms with Crippen LogP contribution in [-0.2, 0) is 0 Å². The van der Waals surface area contributed by atoms with Gasteiger partial charge in [0, 0.05) is 9.86 Å². The maximum atomic E-state index is 5.98. The van der Waals surface area contributed by atoms with Crippen LogP contribution in [0.4, 0.5) is 5.95 Å². The first kappa shape index (κ1) is 11.7. The van der Waals surface area contributed by atoms with Crippen molar-refractivity contribution in [2.45, 2.75) is 32.3 Å². The average Bonchev–Trinajstić information content (AvgIpc) is 2.24. The standard InChI is InChI=1S/C13H14BrN3O/c1-7-10-5-8(14)6-11(18-9-3-2-4-9)12(10)17-13(15)16-7/h5-6,9H,2-4H2,1H3,(H2,15,16,17). The van der Waals surface area contributed by atoms with Gasteiger partial charge in [-0.25, -0.2) is 9.97 Å². The zero-order chi connectivity index (χ0) is 12.7. The number of nitrogens with two attached hydrogens (primary N) is 1. The molecule has 1 aliphatic rings. The Bertz CT molecular complexity index is 611. The molecule has 0 amide bonds. The van der Waals surface area contributed by atoms with Crippen molar-refractivity contribution in [1.29, 1.82) is 0 Å². The Hall–Kier alpha value is -1.36. The van der Waals surface area contributed by atoms with Crippen LogP contribution in [0.1, 0.15) is 25.0 Å². The lowest BCUT2D eigenvalue weighted by Gasteiger charge is -2.27. The lowest BCUT2D eigenvalue weighted by atomic mass is 9.96. The summed E-state index contributed by atoms with van der Waals surface area (Å²) in [5.41, 5.74) is 7.39. The molecule has 0 atom stereocenters. The van der Waals surface area contributed by atoms with Crippen LogP contribution in [0.3, 0.4) is 0 Å². The first-order chi connectivity index (χ1) is 8.63. The number of aryl methyl sites for hydroxylation is 1. The van der Waals surface area contributed by atoms with Crippen LogP contribution in [0.5, 0.6) is 5.75 Å². The van der Waals surface area contributed by atoms with Gasteiger partial charge in [0.15, 0.2) is 0 Å². The molecular formula is C13H14BrN3O. The van der Waals surface area contributed by atoms with Crippen molar-refractivity contribution in [3.63, 3.8) is 0 Å². The van der Waals surface area contributed by atoms with E-state index < -0.39 is 0 Å². The van der Waals surface area contributed by atoms with Crippen molar-refractivity contribution < 1.29 is 4.74 Å². The van der Waals surface area contributed by atoms with E-state index in [1.54, 1.807) is 0 Å². The van der Waals surface area contributed by atoms with Crippen molar-refractivity contribution in [1.82, 2.24) is 9.97 Å². The predicted molar refractivity (Wildman–Crippen MR) is 74.7 cm³/mol. The van der Waals surface area contributed by atoms with E-state index in [2.05, 4.69) is 25.9 Å². The molecule has 1 saturated carbocycles. The fourth-order valence-electron chi connectivity index (χ4n) is 2.09. The zero-order valence-corrected chi connectivity index (χ0v) is 11.7. The number of benzene rings is 1. The molecule has 0 aliphatic heterocycles. The number of nitrogens with zero attached hydrogens (tertiary/aromatic N) is 2. The van der Waals surface area contributed by atoms with E-state index in [0.717, 1.165) is 39.7 Å². The van der Waals surface area contributed by atoms with Gasteiger partial charge >= 0.3 is 0 Å². The molecule has 1 aliphatic carbocycles. The summed E-state index contributed by atoms with van der Waals surface area (Å²) in [5, 5.41) is 0.980. The summed E-state index contributed by atoms with van der Waals surface area (Å²) in [6, 6.07) is 3.95. The van der Waals surface area contributed by atoms with Gasteiger partial charge in [-0.3, -0.25) is 0 Å². The van der Waals surface area contributed by atoms with Crippen molar-refractivity contribution in [3.05, 3.63) is 22.3 Å². The highest BCUT2D eigenvalue weighted by atomic mass is 79.9. The van der Waals surface area contributed by atoms with Crippen LogP contribution in [0.2, 0.25) is 0 Å². The minimum Gasteiger partial charge on any atom is -0.488 e. The fourth-order valence-corrected chi connectivity index (χ4v) is 2.53. The van der Waals surface area contributed by atoms with Crippen LogP contribution in [0.15, 0.2) is 16.6 Å². The van der Waals surface area contributed by atoms with Crippen LogP contribution in [0.25, 0.3) is 10.9 Å². The molecule has 1 aromatic carbocycles. The number of ether oxygens (including phenoxy) is 1. The molecule has 3 rings (SSSR count). The zero-order valence-electron chi connectivity index (χ0n) is 10.1. The van der Waals surface area contributed by atoms with E-state index in [4.69, 9.17) is 10.5 Å².